The first-order chi connectivity index (χ1) is 7.34. The van der Waals surface area contributed by atoms with Crippen LogP contribution in [0.3, 0.4) is 0 Å². The maximum atomic E-state index is 11.0. The highest BCUT2D eigenvalue weighted by molar-refractivity contribution is 5.92. The first kappa shape index (κ1) is 10.7. The highest BCUT2D eigenvalue weighted by Crippen LogP contribution is 2.11. The van der Waals surface area contributed by atoms with Crippen LogP contribution in [0.15, 0.2) is 11.8 Å². The van der Waals surface area contributed by atoms with E-state index in [1.54, 1.807) is 6.08 Å². The average Bonchev–Trinajstić information content (AvgIpc) is 2.84. The van der Waals surface area contributed by atoms with Crippen LogP contribution in [0.25, 0.3) is 0 Å². The van der Waals surface area contributed by atoms with Gasteiger partial charge in [-0.15, -0.1) is 0 Å². The summed E-state index contributed by atoms with van der Waals surface area (Å²) >= 11 is 0. The molecular formula is C12H20N2O. The molecule has 1 heterocycles. The predicted octanol–water partition coefficient (Wildman–Crippen LogP) is 1.31. The Hall–Kier alpha value is -0.830. The number of carbonyl (C=O) groups excluding carboxylic acids is 1. The van der Waals surface area contributed by atoms with Gasteiger partial charge >= 0.3 is 0 Å². The largest absolute Gasteiger partial charge is 0.388 e. The Morgan fingerprint density at radius 1 is 1.27 bits per heavy atom. The first-order valence-electron chi connectivity index (χ1n) is 6.04. The number of ketones is 1. The van der Waals surface area contributed by atoms with Gasteiger partial charge in [0.25, 0.3) is 0 Å². The highest BCUT2D eigenvalue weighted by atomic mass is 16.1. The van der Waals surface area contributed by atoms with Gasteiger partial charge in [-0.1, -0.05) is 0 Å². The highest BCUT2D eigenvalue weighted by Gasteiger charge is 2.12. The van der Waals surface area contributed by atoms with Crippen molar-refractivity contribution in [3.63, 3.8) is 0 Å². The van der Waals surface area contributed by atoms with Crippen molar-refractivity contribution in [2.24, 2.45) is 0 Å². The molecule has 0 aromatic carbocycles. The lowest BCUT2D eigenvalue weighted by Crippen LogP contribution is -2.24. The van der Waals surface area contributed by atoms with Crippen LogP contribution in [-0.4, -0.2) is 36.9 Å². The summed E-state index contributed by atoms with van der Waals surface area (Å²) in [6.07, 6.45) is 7.30. The van der Waals surface area contributed by atoms with Gasteiger partial charge < -0.3 is 10.2 Å². The van der Waals surface area contributed by atoms with Crippen LogP contribution >= 0.6 is 0 Å². The van der Waals surface area contributed by atoms with Crippen molar-refractivity contribution in [3.05, 3.63) is 11.8 Å². The number of hydrogen-bond acceptors (Lipinski definition) is 3. The van der Waals surface area contributed by atoms with Crippen molar-refractivity contribution < 1.29 is 4.79 Å². The number of rotatable bonds is 5. The van der Waals surface area contributed by atoms with E-state index in [0.29, 0.717) is 6.42 Å². The van der Waals surface area contributed by atoms with E-state index < -0.39 is 0 Å². The quantitative estimate of drug-likeness (QED) is 0.691. The minimum atomic E-state index is 0.275. The molecule has 1 N–H and O–H groups in total. The molecule has 0 amide bonds. The van der Waals surface area contributed by atoms with E-state index in [2.05, 4.69) is 10.2 Å². The maximum absolute atomic E-state index is 11.0. The van der Waals surface area contributed by atoms with Crippen LogP contribution in [0, 0.1) is 0 Å². The monoisotopic (exact) mass is 208 g/mol. The smallest absolute Gasteiger partial charge is 0.157 e. The molecule has 3 heteroatoms. The molecule has 0 bridgehead atoms. The maximum Gasteiger partial charge on any atom is 0.157 e. The molecule has 0 unspecified atom stereocenters. The number of hydrogen-bond donors (Lipinski definition) is 1. The standard InChI is InChI=1S/C12H20N2O/c15-12-5-4-11(10-12)13-6-3-9-14-7-1-2-8-14/h10,13H,1-9H2. The number of nitrogens with one attached hydrogen (secondary N) is 1. The van der Waals surface area contributed by atoms with Gasteiger partial charge in [0.2, 0.25) is 0 Å². The van der Waals surface area contributed by atoms with Gasteiger partial charge in [-0.25, -0.2) is 0 Å². The molecule has 1 aliphatic heterocycles. The number of likely N-dealkylation sites (tertiary alicyclic amines) is 1. The first-order valence-corrected chi connectivity index (χ1v) is 6.04. The number of nitrogens with zero attached hydrogens (tertiary/aromatic N) is 1. The van der Waals surface area contributed by atoms with Crippen molar-refractivity contribution in [2.75, 3.05) is 26.2 Å². The summed E-state index contributed by atoms with van der Waals surface area (Å²) < 4.78 is 0. The summed E-state index contributed by atoms with van der Waals surface area (Å²) in [4.78, 5) is 13.5. The van der Waals surface area contributed by atoms with Crippen LogP contribution in [-0.2, 0) is 4.79 Å². The Morgan fingerprint density at radius 3 is 2.73 bits per heavy atom. The third-order valence-corrected chi connectivity index (χ3v) is 3.18. The SMILES string of the molecule is O=C1C=C(NCCCN2CCCC2)CC1. The molecule has 0 spiro atoms. The summed E-state index contributed by atoms with van der Waals surface area (Å²) in [5, 5.41) is 3.35. The molecule has 2 aliphatic rings. The Labute approximate surface area is 91.5 Å². The van der Waals surface area contributed by atoms with Crippen LogP contribution in [0.5, 0.6) is 0 Å². The van der Waals surface area contributed by atoms with Crippen LogP contribution in [0.1, 0.15) is 32.1 Å². The summed E-state index contributed by atoms with van der Waals surface area (Å²) in [5.74, 6) is 0.275. The zero-order chi connectivity index (χ0) is 10.5. The second-order valence-corrected chi connectivity index (χ2v) is 4.46. The zero-order valence-electron chi connectivity index (χ0n) is 9.30. The van der Waals surface area contributed by atoms with Gasteiger partial charge in [-0.3, -0.25) is 4.79 Å². The Balaban J connectivity index is 1.55. The lowest BCUT2D eigenvalue weighted by molar-refractivity contribution is -0.114. The Morgan fingerprint density at radius 2 is 2.07 bits per heavy atom. The molecule has 2 rings (SSSR count). The van der Waals surface area contributed by atoms with E-state index in [-0.39, 0.29) is 5.78 Å². The average molecular weight is 208 g/mol. The molecular weight excluding hydrogens is 188 g/mol. The third-order valence-electron chi connectivity index (χ3n) is 3.18. The van der Waals surface area contributed by atoms with Crippen LogP contribution < -0.4 is 5.32 Å². The van der Waals surface area contributed by atoms with E-state index in [1.165, 1.54) is 38.9 Å². The fourth-order valence-electron chi connectivity index (χ4n) is 2.29. The number of allylic oxidation sites excluding steroid dienone is 2. The van der Waals surface area contributed by atoms with Gasteiger partial charge in [-0.2, -0.15) is 0 Å². The molecule has 3 nitrogen and oxygen atoms in total. The summed E-state index contributed by atoms with van der Waals surface area (Å²) in [6.45, 7) is 4.77. The predicted molar refractivity (Wildman–Crippen MR) is 60.6 cm³/mol. The van der Waals surface area contributed by atoms with Crippen molar-refractivity contribution >= 4 is 5.78 Å². The Bertz CT molecular complexity index is 254. The molecule has 1 fully saturated rings. The third kappa shape index (κ3) is 3.34. The van der Waals surface area contributed by atoms with Crippen molar-refractivity contribution in [3.8, 4) is 0 Å². The lowest BCUT2D eigenvalue weighted by Gasteiger charge is -2.14. The number of carbonyl (C=O) groups is 1. The normalized spacial score (nSPS) is 22.1. The fourth-order valence-corrected chi connectivity index (χ4v) is 2.29. The zero-order valence-corrected chi connectivity index (χ0v) is 9.30. The van der Waals surface area contributed by atoms with Gasteiger partial charge in [0.05, 0.1) is 0 Å². The van der Waals surface area contributed by atoms with Crippen molar-refractivity contribution in [2.45, 2.75) is 32.1 Å². The fraction of sp³-hybridized carbons (Fsp3) is 0.750. The second kappa shape index (κ2) is 5.31. The molecule has 0 aromatic rings. The summed E-state index contributed by atoms with van der Waals surface area (Å²) in [7, 11) is 0. The van der Waals surface area contributed by atoms with E-state index in [9.17, 15) is 4.79 Å². The lowest BCUT2D eigenvalue weighted by atomic mass is 10.3. The summed E-state index contributed by atoms with van der Waals surface area (Å²) in [6, 6.07) is 0. The molecule has 0 saturated carbocycles. The molecule has 0 aromatic heterocycles. The minimum absolute atomic E-state index is 0.275. The van der Waals surface area contributed by atoms with Crippen LogP contribution in [0.2, 0.25) is 0 Å². The minimum Gasteiger partial charge on any atom is -0.388 e. The molecule has 15 heavy (non-hydrogen) atoms. The molecule has 1 saturated heterocycles. The van der Waals surface area contributed by atoms with Crippen molar-refractivity contribution in [1.82, 2.24) is 10.2 Å². The second-order valence-electron chi connectivity index (χ2n) is 4.46. The van der Waals surface area contributed by atoms with E-state index in [0.717, 1.165) is 18.7 Å². The van der Waals surface area contributed by atoms with Gasteiger partial charge in [-0.05, 0) is 45.3 Å². The van der Waals surface area contributed by atoms with Crippen molar-refractivity contribution in [1.29, 1.82) is 0 Å². The van der Waals surface area contributed by atoms with E-state index in [1.807, 2.05) is 0 Å². The molecule has 84 valence electrons. The Kier molecular flexibility index (Phi) is 3.78. The van der Waals surface area contributed by atoms with Gasteiger partial charge in [0, 0.05) is 24.7 Å². The topological polar surface area (TPSA) is 32.3 Å². The summed E-state index contributed by atoms with van der Waals surface area (Å²) in [5.41, 5.74) is 1.14. The van der Waals surface area contributed by atoms with E-state index >= 15 is 0 Å². The molecule has 0 atom stereocenters. The van der Waals surface area contributed by atoms with Gasteiger partial charge in [0.15, 0.2) is 5.78 Å². The molecule has 0 radical (unpaired) electrons. The van der Waals surface area contributed by atoms with E-state index in [4.69, 9.17) is 0 Å². The molecule has 1 aliphatic carbocycles. The van der Waals surface area contributed by atoms with Gasteiger partial charge in [0.1, 0.15) is 0 Å². The van der Waals surface area contributed by atoms with Crippen LogP contribution in [0.4, 0.5) is 0 Å².